The van der Waals surface area contributed by atoms with Crippen molar-refractivity contribution in [1.29, 1.82) is 0 Å². The molecule has 0 saturated carbocycles. The minimum atomic E-state index is -0.324. The van der Waals surface area contributed by atoms with Crippen LogP contribution in [-0.2, 0) is 17.9 Å². The summed E-state index contributed by atoms with van der Waals surface area (Å²) in [6.07, 6.45) is 3.50. The van der Waals surface area contributed by atoms with Gasteiger partial charge in [0.2, 0.25) is 5.91 Å². The fraction of sp³-hybridized carbons (Fsp3) is 0.379. The smallest absolute Gasteiger partial charge is 0.255 e. The van der Waals surface area contributed by atoms with Crippen molar-refractivity contribution in [2.75, 3.05) is 32.7 Å². The molecule has 2 aromatic carbocycles. The molecule has 0 aliphatic carbocycles. The van der Waals surface area contributed by atoms with Crippen molar-refractivity contribution in [2.24, 2.45) is 0 Å². The van der Waals surface area contributed by atoms with Crippen LogP contribution in [0.5, 0.6) is 0 Å². The first-order valence-corrected chi connectivity index (χ1v) is 14.4. The zero-order chi connectivity index (χ0) is 27.1. The van der Waals surface area contributed by atoms with Crippen molar-refractivity contribution in [2.45, 2.75) is 39.3 Å². The fourth-order valence-corrected chi connectivity index (χ4v) is 5.99. The molecule has 0 radical (unpaired) electrons. The largest absolute Gasteiger partial charge is 0.332 e. The van der Waals surface area contributed by atoms with Crippen LogP contribution < -0.4 is 0 Å². The molecule has 3 aromatic rings. The van der Waals surface area contributed by atoms with Crippen molar-refractivity contribution in [1.82, 2.24) is 14.7 Å². The van der Waals surface area contributed by atoms with Gasteiger partial charge in [-0.25, -0.2) is 4.39 Å². The molecule has 1 aliphatic rings. The van der Waals surface area contributed by atoms with E-state index in [4.69, 9.17) is 23.2 Å². The summed E-state index contributed by atoms with van der Waals surface area (Å²) in [6, 6.07) is 15.0. The Morgan fingerprint density at radius 1 is 0.947 bits per heavy atom. The first-order chi connectivity index (χ1) is 18.3. The second kappa shape index (κ2) is 13.6. The predicted octanol–water partition coefficient (Wildman–Crippen LogP) is 6.66. The molecular formula is C29H32Cl2FN3O2S. The number of carbonyl (C=O) groups is 2. The highest BCUT2D eigenvalue weighted by molar-refractivity contribution is 7.11. The van der Waals surface area contributed by atoms with Gasteiger partial charge in [0.1, 0.15) is 12.4 Å². The molecule has 0 spiro atoms. The van der Waals surface area contributed by atoms with Crippen LogP contribution in [0.1, 0.15) is 44.9 Å². The van der Waals surface area contributed by atoms with Crippen molar-refractivity contribution < 1.29 is 14.0 Å². The predicted molar refractivity (Wildman–Crippen MR) is 152 cm³/mol. The standard InChI is InChI=1S/C29H32Cl2FN3O2S/c1-21-5-11-25(38-21)19-35(18-22-6-9-24(32)10-7-22)28(36)20-34(16-15-33-13-3-2-4-14-33)29(37)26-12-8-23(30)17-27(26)31/h5-12,17H,2-4,13-16,18-20H2,1H3. The Bertz CT molecular complexity index is 1240. The quantitative estimate of drug-likeness (QED) is 0.271. The topological polar surface area (TPSA) is 43.9 Å². The van der Waals surface area contributed by atoms with Gasteiger partial charge in [0.25, 0.3) is 5.91 Å². The Morgan fingerprint density at radius 2 is 1.68 bits per heavy atom. The van der Waals surface area contributed by atoms with E-state index in [2.05, 4.69) is 4.90 Å². The van der Waals surface area contributed by atoms with Crippen LogP contribution in [0.3, 0.4) is 0 Å². The summed E-state index contributed by atoms with van der Waals surface area (Å²) >= 11 is 14.1. The van der Waals surface area contributed by atoms with E-state index in [-0.39, 0.29) is 29.2 Å². The number of amides is 2. The summed E-state index contributed by atoms with van der Waals surface area (Å²) in [5.74, 6) is -0.807. The Morgan fingerprint density at radius 3 is 2.34 bits per heavy atom. The van der Waals surface area contributed by atoms with Gasteiger partial charge in [-0.1, -0.05) is 41.8 Å². The van der Waals surface area contributed by atoms with Crippen molar-refractivity contribution in [3.63, 3.8) is 0 Å². The minimum Gasteiger partial charge on any atom is -0.332 e. The van der Waals surface area contributed by atoms with Crippen molar-refractivity contribution in [3.05, 3.63) is 91.3 Å². The molecule has 202 valence electrons. The van der Waals surface area contributed by atoms with E-state index in [0.29, 0.717) is 36.8 Å². The number of halogens is 3. The zero-order valence-electron chi connectivity index (χ0n) is 21.5. The van der Waals surface area contributed by atoms with E-state index in [1.807, 2.05) is 19.1 Å². The maximum atomic E-state index is 13.8. The number of nitrogens with zero attached hydrogens (tertiary/aromatic N) is 3. The van der Waals surface area contributed by atoms with Gasteiger partial charge in [0, 0.05) is 34.4 Å². The van der Waals surface area contributed by atoms with Gasteiger partial charge in [-0.05, 0) is 80.9 Å². The molecule has 1 fully saturated rings. The number of piperidine rings is 1. The Hall–Kier alpha value is -2.45. The molecule has 2 amide bonds. The van der Waals surface area contributed by atoms with E-state index in [1.165, 1.54) is 18.6 Å². The average Bonchev–Trinajstić information content (AvgIpc) is 3.32. The monoisotopic (exact) mass is 575 g/mol. The lowest BCUT2D eigenvalue weighted by molar-refractivity contribution is -0.133. The molecule has 5 nitrogen and oxygen atoms in total. The van der Waals surface area contributed by atoms with E-state index < -0.39 is 0 Å². The molecule has 1 aromatic heterocycles. The summed E-state index contributed by atoms with van der Waals surface area (Å²) < 4.78 is 13.5. The second-order valence-corrected chi connectivity index (χ2v) is 11.9. The molecule has 0 atom stereocenters. The lowest BCUT2D eigenvalue weighted by Crippen LogP contribution is -2.46. The van der Waals surface area contributed by atoms with Crippen molar-refractivity contribution >= 4 is 46.4 Å². The van der Waals surface area contributed by atoms with Crippen LogP contribution in [-0.4, -0.2) is 59.2 Å². The van der Waals surface area contributed by atoms with Crippen LogP contribution in [0.4, 0.5) is 4.39 Å². The number of hydrogen-bond acceptors (Lipinski definition) is 4. The van der Waals surface area contributed by atoms with Crippen LogP contribution in [0.25, 0.3) is 0 Å². The lowest BCUT2D eigenvalue weighted by atomic mass is 10.1. The second-order valence-electron chi connectivity index (χ2n) is 9.64. The summed E-state index contributed by atoms with van der Waals surface area (Å²) in [7, 11) is 0. The van der Waals surface area contributed by atoms with E-state index in [0.717, 1.165) is 41.2 Å². The molecule has 0 bridgehead atoms. The molecule has 38 heavy (non-hydrogen) atoms. The number of likely N-dealkylation sites (tertiary alicyclic amines) is 1. The van der Waals surface area contributed by atoms with Gasteiger partial charge in [-0.3, -0.25) is 9.59 Å². The summed E-state index contributed by atoms with van der Waals surface area (Å²) in [5.41, 5.74) is 1.14. The fourth-order valence-electron chi connectivity index (χ4n) is 4.59. The molecule has 9 heteroatoms. The SMILES string of the molecule is Cc1ccc(CN(Cc2ccc(F)cc2)C(=O)CN(CCN2CCCCC2)C(=O)c2ccc(Cl)cc2Cl)s1. The molecule has 0 N–H and O–H groups in total. The maximum absolute atomic E-state index is 13.8. The number of carbonyl (C=O) groups excluding carboxylic acids is 2. The summed E-state index contributed by atoms with van der Waals surface area (Å²) in [4.78, 5) is 35.2. The number of benzene rings is 2. The maximum Gasteiger partial charge on any atom is 0.255 e. The highest BCUT2D eigenvalue weighted by atomic mass is 35.5. The van der Waals surface area contributed by atoms with Crippen molar-refractivity contribution in [3.8, 4) is 0 Å². The molecule has 0 unspecified atom stereocenters. The molecule has 1 aliphatic heterocycles. The zero-order valence-corrected chi connectivity index (χ0v) is 23.8. The van der Waals surface area contributed by atoms with Gasteiger partial charge in [-0.2, -0.15) is 0 Å². The van der Waals surface area contributed by atoms with E-state index in [1.54, 1.807) is 51.5 Å². The molecule has 2 heterocycles. The van der Waals surface area contributed by atoms with Gasteiger partial charge < -0.3 is 14.7 Å². The van der Waals surface area contributed by atoms with Crippen LogP contribution in [0.15, 0.2) is 54.6 Å². The van der Waals surface area contributed by atoms with E-state index >= 15 is 0 Å². The van der Waals surface area contributed by atoms with Gasteiger partial charge in [-0.15, -0.1) is 11.3 Å². The summed E-state index contributed by atoms with van der Waals surface area (Å²) in [5, 5.41) is 0.703. The highest BCUT2D eigenvalue weighted by Gasteiger charge is 2.25. The van der Waals surface area contributed by atoms with Gasteiger partial charge in [0.15, 0.2) is 0 Å². The third-order valence-corrected chi connectivity index (χ3v) is 8.23. The third kappa shape index (κ3) is 8.03. The van der Waals surface area contributed by atoms with E-state index in [9.17, 15) is 14.0 Å². The normalized spacial score (nSPS) is 13.9. The first-order valence-electron chi connectivity index (χ1n) is 12.8. The van der Waals surface area contributed by atoms with Crippen LogP contribution in [0, 0.1) is 12.7 Å². The third-order valence-electron chi connectivity index (χ3n) is 6.69. The highest BCUT2D eigenvalue weighted by Crippen LogP contribution is 2.23. The summed E-state index contributed by atoms with van der Waals surface area (Å²) in [6.45, 7) is 5.74. The van der Waals surface area contributed by atoms with Gasteiger partial charge in [0.05, 0.1) is 17.1 Å². The molecular weight excluding hydrogens is 544 g/mol. The number of hydrogen-bond donors (Lipinski definition) is 0. The Kier molecular flexibility index (Phi) is 10.2. The number of thiophene rings is 1. The number of aryl methyl sites for hydroxylation is 1. The average molecular weight is 577 g/mol. The van der Waals surface area contributed by atoms with Gasteiger partial charge >= 0.3 is 0 Å². The Balaban J connectivity index is 1.55. The minimum absolute atomic E-state index is 0.0861. The Labute approximate surface area is 237 Å². The lowest BCUT2D eigenvalue weighted by Gasteiger charge is -2.31. The van der Waals surface area contributed by atoms with Crippen LogP contribution in [0.2, 0.25) is 10.0 Å². The number of rotatable bonds is 10. The first kappa shape index (κ1) is 28.6. The molecule has 4 rings (SSSR count). The molecule has 1 saturated heterocycles. The van der Waals surface area contributed by atoms with Crippen LogP contribution >= 0.6 is 34.5 Å².